The molecule has 1 aromatic rings. The van der Waals surface area contributed by atoms with Crippen LogP contribution in [0.5, 0.6) is 5.75 Å². The second-order valence-corrected chi connectivity index (χ2v) is 8.04. The maximum atomic E-state index is 12.8. The maximum absolute atomic E-state index is 12.8. The van der Waals surface area contributed by atoms with Crippen molar-refractivity contribution in [3.8, 4) is 5.75 Å². The Morgan fingerprint density at radius 1 is 1.39 bits per heavy atom. The molecule has 8 nitrogen and oxygen atoms in total. The fraction of sp³-hybridized carbons (Fsp3) is 0.571. The van der Waals surface area contributed by atoms with Crippen LogP contribution in [0.25, 0.3) is 0 Å². The molecule has 0 saturated carbocycles. The van der Waals surface area contributed by atoms with Gasteiger partial charge in [-0.15, -0.1) is 0 Å². The summed E-state index contributed by atoms with van der Waals surface area (Å²) in [4.78, 5) is 10.4. The summed E-state index contributed by atoms with van der Waals surface area (Å²) >= 11 is 0. The lowest BCUT2D eigenvalue weighted by atomic mass is 9.87. The highest BCUT2D eigenvalue weighted by molar-refractivity contribution is 7.89. The van der Waals surface area contributed by atoms with Crippen LogP contribution < -0.4 is 10.1 Å². The first-order valence-corrected chi connectivity index (χ1v) is 8.85. The molecular formula is C14H19N3O5S. The number of hydrogen-bond acceptors (Lipinski definition) is 6. The second kappa shape index (κ2) is 5.73. The fourth-order valence-corrected chi connectivity index (χ4v) is 4.94. The molecule has 23 heavy (non-hydrogen) atoms. The smallest absolute Gasteiger partial charge is 0.312 e. The number of methoxy groups -OCH3 is 1. The minimum absolute atomic E-state index is 0.00543. The van der Waals surface area contributed by atoms with Gasteiger partial charge in [-0.3, -0.25) is 10.1 Å². The molecule has 2 aliphatic rings. The van der Waals surface area contributed by atoms with E-state index >= 15 is 0 Å². The number of ether oxygens (including phenoxy) is 1. The van der Waals surface area contributed by atoms with E-state index in [2.05, 4.69) is 5.32 Å². The Kier molecular flexibility index (Phi) is 4.03. The average molecular weight is 341 g/mol. The van der Waals surface area contributed by atoms with Gasteiger partial charge in [0.1, 0.15) is 0 Å². The molecule has 1 unspecified atom stereocenters. The number of benzene rings is 1. The van der Waals surface area contributed by atoms with Crippen LogP contribution >= 0.6 is 0 Å². The molecule has 2 heterocycles. The van der Waals surface area contributed by atoms with E-state index in [4.69, 9.17) is 4.74 Å². The molecule has 2 aliphatic heterocycles. The lowest BCUT2D eigenvalue weighted by Gasteiger charge is -2.22. The third-order valence-corrected chi connectivity index (χ3v) is 6.56. The third-order valence-electron chi connectivity index (χ3n) is 4.72. The van der Waals surface area contributed by atoms with Gasteiger partial charge >= 0.3 is 5.69 Å². The van der Waals surface area contributed by atoms with E-state index in [9.17, 15) is 18.5 Å². The summed E-state index contributed by atoms with van der Waals surface area (Å²) in [6.07, 6.45) is 1.78. The lowest BCUT2D eigenvalue weighted by molar-refractivity contribution is -0.386. The zero-order valence-electron chi connectivity index (χ0n) is 12.8. The molecule has 0 radical (unpaired) electrons. The highest BCUT2D eigenvalue weighted by Crippen LogP contribution is 2.39. The Morgan fingerprint density at radius 2 is 2.17 bits per heavy atom. The Labute approximate surface area is 134 Å². The van der Waals surface area contributed by atoms with Gasteiger partial charge in [-0.2, -0.15) is 4.31 Å². The summed E-state index contributed by atoms with van der Waals surface area (Å²) in [6, 6.07) is 3.76. The van der Waals surface area contributed by atoms with Crippen molar-refractivity contribution in [1.29, 1.82) is 0 Å². The molecule has 0 bridgehead atoms. The number of nitro benzene ring substituents is 1. The predicted molar refractivity (Wildman–Crippen MR) is 82.9 cm³/mol. The number of nitro groups is 1. The van der Waals surface area contributed by atoms with Crippen molar-refractivity contribution in [1.82, 2.24) is 9.62 Å². The SMILES string of the molecule is COc1ccc(S(=O)(=O)N2CCC3(CCNC3)C2)cc1[N+](=O)[O-]. The molecule has 1 atom stereocenters. The van der Waals surface area contributed by atoms with Crippen molar-refractivity contribution in [2.24, 2.45) is 5.41 Å². The van der Waals surface area contributed by atoms with Crippen LogP contribution in [0.15, 0.2) is 23.1 Å². The number of sulfonamides is 1. The number of nitrogens with one attached hydrogen (secondary N) is 1. The van der Waals surface area contributed by atoms with E-state index in [0.717, 1.165) is 32.0 Å². The van der Waals surface area contributed by atoms with E-state index in [1.54, 1.807) is 0 Å². The van der Waals surface area contributed by atoms with Crippen LogP contribution in [0.4, 0.5) is 5.69 Å². The van der Waals surface area contributed by atoms with Crippen molar-refractivity contribution in [3.05, 3.63) is 28.3 Å². The minimum atomic E-state index is -3.74. The van der Waals surface area contributed by atoms with Gasteiger partial charge in [0, 0.05) is 25.7 Å². The first-order valence-electron chi connectivity index (χ1n) is 7.41. The molecule has 1 aromatic carbocycles. The lowest BCUT2D eigenvalue weighted by Crippen LogP contribution is -2.33. The van der Waals surface area contributed by atoms with E-state index in [-0.39, 0.29) is 21.7 Å². The van der Waals surface area contributed by atoms with Crippen LogP contribution in [0, 0.1) is 15.5 Å². The predicted octanol–water partition coefficient (Wildman–Crippen LogP) is 0.978. The van der Waals surface area contributed by atoms with Crippen LogP contribution in [-0.4, -0.2) is 50.9 Å². The third kappa shape index (κ3) is 2.79. The number of nitrogens with zero attached hydrogens (tertiary/aromatic N) is 2. The van der Waals surface area contributed by atoms with Gasteiger partial charge in [0.2, 0.25) is 10.0 Å². The minimum Gasteiger partial charge on any atom is -0.490 e. The molecule has 0 aliphatic carbocycles. The summed E-state index contributed by atoms with van der Waals surface area (Å²) in [7, 11) is -2.42. The van der Waals surface area contributed by atoms with Crippen molar-refractivity contribution in [2.45, 2.75) is 17.7 Å². The highest BCUT2D eigenvalue weighted by atomic mass is 32.2. The standard InChI is InChI=1S/C14H19N3O5S/c1-22-13-3-2-11(8-12(13)17(18)19)23(20,21)16-7-5-14(10-16)4-6-15-9-14/h2-3,8,15H,4-7,9-10H2,1H3. The molecule has 0 aromatic heterocycles. The Morgan fingerprint density at radius 3 is 2.78 bits per heavy atom. The maximum Gasteiger partial charge on any atom is 0.312 e. The van der Waals surface area contributed by atoms with Crippen LogP contribution in [-0.2, 0) is 10.0 Å². The molecule has 9 heteroatoms. The summed E-state index contributed by atoms with van der Waals surface area (Å²) in [6.45, 7) is 2.63. The summed E-state index contributed by atoms with van der Waals surface area (Å²) in [5.41, 5.74) is -0.337. The van der Waals surface area contributed by atoms with Crippen LogP contribution in [0.1, 0.15) is 12.8 Å². The quantitative estimate of drug-likeness (QED) is 0.647. The zero-order valence-corrected chi connectivity index (χ0v) is 13.6. The van der Waals surface area contributed by atoms with Crippen molar-refractivity contribution in [3.63, 3.8) is 0 Å². The van der Waals surface area contributed by atoms with Crippen molar-refractivity contribution in [2.75, 3.05) is 33.3 Å². The monoisotopic (exact) mass is 341 g/mol. The van der Waals surface area contributed by atoms with Gasteiger partial charge < -0.3 is 10.1 Å². The van der Waals surface area contributed by atoms with Gasteiger partial charge in [-0.05, 0) is 36.9 Å². The Hall–Kier alpha value is -1.71. The Balaban J connectivity index is 1.91. The summed E-state index contributed by atoms with van der Waals surface area (Å²) < 4.78 is 31.9. The van der Waals surface area contributed by atoms with Crippen LogP contribution in [0.3, 0.4) is 0 Å². The Bertz CT molecular complexity index is 728. The fourth-order valence-electron chi connectivity index (χ4n) is 3.37. The van der Waals surface area contributed by atoms with E-state index in [1.165, 1.54) is 23.5 Å². The molecule has 0 amide bonds. The van der Waals surface area contributed by atoms with Gasteiger partial charge in [-0.1, -0.05) is 0 Å². The van der Waals surface area contributed by atoms with E-state index in [0.29, 0.717) is 13.1 Å². The van der Waals surface area contributed by atoms with E-state index in [1.807, 2.05) is 0 Å². The van der Waals surface area contributed by atoms with E-state index < -0.39 is 14.9 Å². The zero-order chi connectivity index (χ0) is 16.7. The normalized spacial score (nSPS) is 25.1. The molecule has 126 valence electrons. The van der Waals surface area contributed by atoms with Gasteiger partial charge in [0.15, 0.2) is 5.75 Å². The number of rotatable bonds is 4. The van der Waals surface area contributed by atoms with Gasteiger partial charge in [0.05, 0.1) is 16.9 Å². The topological polar surface area (TPSA) is 102 Å². The first-order chi connectivity index (χ1) is 10.9. The molecule has 2 fully saturated rings. The summed E-state index contributed by atoms with van der Waals surface area (Å²) in [5, 5.41) is 14.4. The highest BCUT2D eigenvalue weighted by Gasteiger charge is 2.44. The molecule has 2 saturated heterocycles. The van der Waals surface area contributed by atoms with Crippen molar-refractivity contribution >= 4 is 15.7 Å². The first kappa shape index (κ1) is 16.2. The number of hydrogen-bond donors (Lipinski definition) is 1. The van der Waals surface area contributed by atoms with Crippen molar-refractivity contribution < 1.29 is 18.1 Å². The molecule has 1 N–H and O–H groups in total. The summed E-state index contributed by atoms with van der Waals surface area (Å²) in [5.74, 6) is 0.0480. The molecular weight excluding hydrogens is 322 g/mol. The molecule has 3 rings (SSSR count). The average Bonchev–Trinajstić information content (AvgIpc) is 3.17. The van der Waals surface area contributed by atoms with Crippen LogP contribution in [0.2, 0.25) is 0 Å². The van der Waals surface area contributed by atoms with Gasteiger partial charge in [0.25, 0.3) is 0 Å². The largest absolute Gasteiger partial charge is 0.490 e. The molecule has 1 spiro atoms. The second-order valence-electron chi connectivity index (χ2n) is 6.11. The van der Waals surface area contributed by atoms with Gasteiger partial charge in [-0.25, -0.2) is 8.42 Å².